The maximum atomic E-state index is 13.7. The van der Waals surface area contributed by atoms with Gasteiger partial charge in [-0.2, -0.15) is 17.5 Å². The van der Waals surface area contributed by atoms with Crippen LogP contribution >= 0.6 is 11.5 Å². The van der Waals surface area contributed by atoms with E-state index in [1.165, 1.54) is 6.07 Å². The summed E-state index contributed by atoms with van der Waals surface area (Å²) < 4.78 is 51.1. The normalized spacial score (nSPS) is 15.2. The Morgan fingerprint density at radius 2 is 1.95 bits per heavy atom. The van der Waals surface area contributed by atoms with Crippen LogP contribution in [0.5, 0.6) is 5.75 Å². The summed E-state index contributed by atoms with van der Waals surface area (Å²) in [5.41, 5.74) is 2.66. The number of benzene rings is 2. The predicted molar refractivity (Wildman–Crippen MR) is 141 cm³/mol. The van der Waals surface area contributed by atoms with E-state index in [0.717, 1.165) is 73.2 Å². The molecule has 0 unspecified atom stereocenters. The van der Waals surface area contributed by atoms with E-state index in [-0.39, 0.29) is 24.2 Å². The van der Waals surface area contributed by atoms with Gasteiger partial charge in [-0.05, 0) is 93.0 Å². The lowest BCUT2D eigenvalue weighted by atomic mass is 9.92. The first kappa shape index (κ1) is 28.0. The maximum absolute atomic E-state index is 13.7. The third-order valence-corrected chi connectivity index (χ3v) is 7.52. The number of aromatic nitrogens is 2. The molecule has 10 heteroatoms. The van der Waals surface area contributed by atoms with Crippen LogP contribution in [0.15, 0.2) is 36.4 Å². The molecule has 1 aromatic heterocycles. The summed E-state index contributed by atoms with van der Waals surface area (Å²) in [6.07, 6.45) is -2.23. The van der Waals surface area contributed by atoms with Gasteiger partial charge < -0.3 is 9.84 Å². The standard InChI is InChI=1S/C28H32F3N3O3S/c1-4-21-20(16-34-12-10-18(11-13-34)14-25(35)36)6-5-7-22(21)26-32-27(38-33-26)19-8-9-24(37-17(2)3)23(15-19)28(29,30)31/h5-9,15,17-18H,4,10-14,16H2,1-3H3,(H,35,36). The molecule has 6 nitrogen and oxygen atoms in total. The summed E-state index contributed by atoms with van der Waals surface area (Å²) in [4.78, 5) is 18.0. The van der Waals surface area contributed by atoms with Crippen LogP contribution in [0.25, 0.3) is 22.0 Å². The monoisotopic (exact) mass is 547 g/mol. The number of carboxylic acids is 1. The average molecular weight is 548 g/mol. The Hall–Kier alpha value is -2.98. The zero-order valence-corrected chi connectivity index (χ0v) is 22.5. The first-order chi connectivity index (χ1) is 18.0. The van der Waals surface area contributed by atoms with Crippen LogP contribution in [0.4, 0.5) is 13.2 Å². The van der Waals surface area contributed by atoms with Crippen LogP contribution in [0, 0.1) is 5.92 Å². The van der Waals surface area contributed by atoms with Crippen molar-refractivity contribution in [1.29, 1.82) is 0 Å². The van der Waals surface area contributed by atoms with Gasteiger partial charge >= 0.3 is 12.1 Å². The zero-order chi connectivity index (χ0) is 27.4. The van der Waals surface area contributed by atoms with Crippen molar-refractivity contribution in [2.75, 3.05) is 13.1 Å². The van der Waals surface area contributed by atoms with Crippen LogP contribution in [0.1, 0.15) is 56.7 Å². The second-order valence-corrected chi connectivity index (χ2v) is 10.7. The van der Waals surface area contributed by atoms with Crippen LogP contribution in [-0.2, 0) is 23.9 Å². The third-order valence-electron chi connectivity index (χ3n) is 6.75. The smallest absolute Gasteiger partial charge is 0.419 e. The Morgan fingerprint density at radius 1 is 1.21 bits per heavy atom. The molecule has 2 heterocycles. The third kappa shape index (κ3) is 6.71. The van der Waals surface area contributed by atoms with E-state index in [9.17, 15) is 18.0 Å². The van der Waals surface area contributed by atoms with Crippen molar-refractivity contribution in [1.82, 2.24) is 14.3 Å². The number of carbonyl (C=O) groups is 1. The van der Waals surface area contributed by atoms with Gasteiger partial charge in [0.05, 0.1) is 11.7 Å². The molecule has 1 N–H and O–H groups in total. The highest BCUT2D eigenvalue weighted by Crippen LogP contribution is 2.40. The highest BCUT2D eigenvalue weighted by molar-refractivity contribution is 7.09. The maximum Gasteiger partial charge on any atom is 0.419 e. The molecule has 204 valence electrons. The minimum atomic E-state index is -4.56. The van der Waals surface area contributed by atoms with Crippen molar-refractivity contribution < 1.29 is 27.8 Å². The first-order valence-corrected chi connectivity index (χ1v) is 13.6. The van der Waals surface area contributed by atoms with E-state index < -0.39 is 17.7 Å². The van der Waals surface area contributed by atoms with Crippen molar-refractivity contribution in [3.63, 3.8) is 0 Å². The van der Waals surface area contributed by atoms with Gasteiger partial charge in [-0.1, -0.05) is 25.1 Å². The molecule has 2 aromatic carbocycles. The molecule has 38 heavy (non-hydrogen) atoms. The minimum Gasteiger partial charge on any atom is -0.490 e. The number of hydrogen-bond acceptors (Lipinski definition) is 6. The summed E-state index contributed by atoms with van der Waals surface area (Å²) in [5, 5.41) is 9.47. The number of rotatable bonds is 9. The lowest BCUT2D eigenvalue weighted by Crippen LogP contribution is -2.34. The number of alkyl halides is 3. The summed E-state index contributed by atoms with van der Waals surface area (Å²) in [6.45, 7) is 7.89. The molecular formula is C28H32F3N3O3S. The Balaban J connectivity index is 1.57. The van der Waals surface area contributed by atoms with E-state index in [0.29, 0.717) is 16.4 Å². The van der Waals surface area contributed by atoms with Gasteiger partial charge in [0.15, 0.2) is 5.82 Å². The van der Waals surface area contributed by atoms with Crippen LogP contribution in [0.3, 0.4) is 0 Å². The van der Waals surface area contributed by atoms with Crippen LogP contribution < -0.4 is 4.74 Å². The largest absolute Gasteiger partial charge is 0.490 e. The zero-order valence-electron chi connectivity index (χ0n) is 21.7. The van der Waals surface area contributed by atoms with E-state index in [1.807, 2.05) is 12.1 Å². The van der Waals surface area contributed by atoms with Gasteiger partial charge in [0.2, 0.25) is 0 Å². The minimum absolute atomic E-state index is 0.200. The number of aliphatic carboxylic acids is 1. The summed E-state index contributed by atoms with van der Waals surface area (Å²) >= 11 is 1.07. The van der Waals surface area contributed by atoms with Gasteiger partial charge in [-0.15, -0.1) is 0 Å². The van der Waals surface area contributed by atoms with E-state index in [2.05, 4.69) is 27.2 Å². The van der Waals surface area contributed by atoms with Gasteiger partial charge in [0.25, 0.3) is 0 Å². The number of hydrogen-bond donors (Lipinski definition) is 1. The molecule has 0 saturated carbocycles. The average Bonchev–Trinajstić information content (AvgIpc) is 3.34. The molecule has 1 aliphatic rings. The number of piperidine rings is 1. The number of carboxylic acid groups (broad SMARTS) is 1. The van der Waals surface area contributed by atoms with Crippen molar-refractivity contribution in [2.24, 2.45) is 5.92 Å². The molecule has 3 aromatic rings. The molecule has 1 aliphatic heterocycles. The number of ether oxygens (including phenoxy) is 1. The second kappa shape index (κ2) is 11.8. The Labute approximate surface area is 224 Å². The molecule has 0 bridgehead atoms. The molecule has 1 saturated heterocycles. The van der Waals surface area contributed by atoms with Crippen molar-refractivity contribution in [3.05, 3.63) is 53.1 Å². The molecule has 0 atom stereocenters. The lowest BCUT2D eigenvalue weighted by Gasteiger charge is -2.32. The second-order valence-electron chi connectivity index (χ2n) is 9.91. The van der Waals surface area contributed by atoms with Crippen molar-refractivity contribution >= 4 is 17.5 Å². The van der Waals surface area contributed by atoms with E-state index >= 15 is 0 Å². The quantitative estimate of drug-likeness (QED) is 0.313. The number of nitrogens with zero attached hydrogens (tertiary/aromatic N) is 3. The van der Waals surface area contributed by atoms with E-state index in [4.69, 9.17) is 9.84 Å². The molecule has 0 amide bonds. The van der Waals surface area contributed by atoms with Crippen LogP contribution in [-0.4, -0.2) is 44.5 Å². The molecule has 0 aliphatic carbocycles. The van der Waals surface area contributed by atoms with Gasteiger partial charge in [0, 0.05) is 24.1 Å². The number of halogens is 3. The van der Waals surface area contributed by atoms with E-state index in [1.54, 1.807) is 19.9 Å². The summed E-state index contributed by atoms with van der Waals surface area (Å²) in [6, 6.07) is 10.0. The van der Waals surface area contributed by atoms with Crippen LogP contribution in [0.2, 0.25) is 0 Å². The fraction of sp³-hybridized carbons (Fsp3) is 0.464. The Morgan fingerprint density at radius 3 is 2.58 bits per heavy atom. The SMILES string of the molecule is CCc1c(CN2CCC(CC(=O)O)CC2)cccc1-c1nsc(-c2ccc(OC(C)C)c(C(F)(F)F)c2)n1. The number of likely N-dealkylation sites (tertiary alicyclic amines) is 1. The van der Waals surface area contributed by atoms with Gasteiger partial charge in [-0.25, -0.2) is 4.98 Å². The van der Waals surface area contributed by atoms with Crippen molar-refractivity contribution in [3.8, 4) is 27.7 Å². The molecular weight excluding hydrogens is 515 g/mol. The molecule has 0 radical (unpaired) electrons. The summed E-state index contributed by atoms with van der Waals surface area (Å²) in [5.74, 6) is -0.217. The lowest BCUT2D eigenvalue weighted by molar-refractivity contribution is -0.139. The molecule has 0 spiro atoms. The molecule has 4 rings (SSSR count). The van der Waals surface area contributed by atoms with Crippen molar-refractivity contribution in [2.45, 2.75) is 65.3 Å². The Bertz CT molecular complexity index is 1270. The topological polar surface area (TPSA) is 75.6 Å². The Kier molecular flexibility index (Phi) is 8.72. The first-order valence-electron chi connectivity index (χ1n) is 12.8. The fourth-order valence-corrected chi connectivity index (χ4v) is 5.61. The fourth-order valence-electron chi connectivity index (χ4n) is 4.94. The van der Waals surface area contributed by atoms with Gasteiger partial charge in [0.1, 0.15) is 10.8 Å². The highest BCUT2D eigenvalue weighted by Gasteiger charge is 2.35. The van der Waals surface area contributed by atoms with Gasteiger partial charge in [-0.3, -0.25) is 9.69 Å². The predicted octanol–water partition coefficient (Wildman–Crippen LogP) is 6.93. The molecule has 1 fully saturated rings. The summed E-state index contributed by atoms with van der Waals surface area (Å²) in [7, 11) is 0. The highest BCUT2D eigenvalue weighted by atomic mass is 32.1.